The molecule has 0 heterocycles. The zero-order chi connectivity index (χ0) is 14.5. The van der Waals surface area contributed by atoms with Gasteiger partial charge in [0.1, 0.15) is 17.8 Å². The lowest BCUT2D eigenvalue weighted by atomic mass is 9.95. The van der Waals surface area contributed by atoms with Crippen molar-refractivity contribution in [1.82, 2.24) is 0 Å². The van der Waals surface area contributed by atoms with Crippen LogP contribution in [0.1, 0.15) is 46.5 Å². The molecule has 6 heteroatoms. The molecule has 0 atom stereocenters. The van der Waals surface area contributed by atoms with Crippen LogP contribution in [0.4, 0.5) is 9.59 Å². The van der Waals surface area contributed by atoms with Crippen LogP contribution in [0, 0.1) is 0 Å². The lowest BCUT2D eigenvalue weighted by molar-refractivity contribution is -0.0479. The predicted octanol–water partition coefficient (Wildman–Crippen LogP) is 3.03. The summed E-state index contributed by atoms with van der Waals surface area (Å²) in [6.45, 7) is 5.36. The first kappa shape index (κ1) is 15.6. The van der Waals surface area contributed by atoms with Crippen LogP contribution < -0.4 is 0 Å². The third kappa shape index (κ3) is 6.31. The molecule has 1 aliphatic carbocycles. The van der Waals surface area contributed by atoms with Gasteiger partial charge < -0.3 is 18.9 Å². The normalized spacial score (nSPS) is 23.4. The quantitative estimate of drug-likeness (QED) is 0.721. The van der Waals surface area contributed by atoms with E-state index >= 15 is 0 Å². The average Bonchev–Trinajstić information content (AvgIpc) is 2.29. The molecule has 0 N–H and O–H groups in total. The van der Waals surface area contributed by atoms with Gasteiger partial charge in [0.2, 0.25) is 0 Å². The number of ether oxygens (including phenoxy) is 4. The molecule has 0 spiro atoms. The fourth-order valence-corrected chi connectivity index (χ4v) is 1.86. The molecule has 0 amide bonds. The van der Waals surface area contributed by atoms with Crippen molar-refractivity contribution in [3.05, 3.63) is 0 Å². The maximum atomic E-state index is 11.5. The predicted molar refractivity (Wildman–Crippen MR) is 66.9 cm³/mol. The van der Waals surface area contributed by atoms with Gasteiger partial charge in [0.15, 0.2) is 0 Å². The van der Waals surface area contributed by atoms with Gasteiger partial charge in [0.25, 0.3) is 0 Å². The third-order valence-electron chi connectivity index (χ3n) is 2.70. The van der Waals surface area contributed by atoms with Crippen molar-refractivity contribution < 1.29 is 28.5 Å². The second-order valence-corrected chi connectivity index (χ2v) is 5.55. The van der Waals surface area contributed by atoms with Crippen LogP contribution in [0.5, 0.6) is 0 Å². The van der Waals surface area contributed by atoms with Crippen LogP contribution >= 0.6 is 0 Å². The van der Waals surface area contributed by atoms with Gasteiger partial charge in [0, 0.05) is 0 Å². The maximum absolute atomic E-state index is 11.5. The standard InChI is InChI=1S/C13H22O6/c1-13(2,3)19-12(15)18-10-7-5-9(6-8-10)17-11(14)16-4/h9-10H,5-8H2,1-4H3. The summed E-state index contributed by atoms with van der Waals surface area (Å²) in [4.78, 5) is 22.4. The van der Waals surface area contributed by atoms with E-state index in [1.54, 1.807) is 20.8 Å². The number of hydrogen-bond donors (Lipinski definition) is 0. The molecular formula is C13H22O6. The minimum absolute atomic E-state index is 0.161. The van der Waals surface area contributed by atoms with Gasteiger partial charge in [-0.25, -0.2) is 9.59 Å². The van der Waals surface area contributed by atoms with Crippen molar-refractivity contribution in [3.8, 4) is 0 Å². The molecule has 0 unspecified atom stereocenters. The lowest BCUT2D eigenvalue weighted by Crippen LogP contribution is -2.32. The molecule has 19 heavy (non-hydrogen) atoms. The molecule has 1 rings (SSSR count). The molecule has 0 aromatic rings. The summed E-state index contributed by atoms with van der Waals surface area (Å²) in [5.74, 6) is 0. The highest BCUT2D eigenvalue weighted by molar-refractivity contribution is 5.61. The van der Waals surface area contributed by atoms with Gasteiger partial charge in [-0.1, -0.05) is 0 Å². The van der Waals surface area contributed by atoms with Crippen molar-refractivity contribution in [2.24, 2.45) is 0 Å². The van der Waals surface area contributed by atoms with Crippen molar-refractivity contribution in [2.75, 3.05) is 7.11 Å². The van der Waals surface area contributed by atoms with E-state index in [1.807, 2.05) is 0 Å². The zero-order valence-corrected chi connectivity index (χ0v) is 11.9. The van der Waals surface area contributed by atoms with E-state index in [1.165, 1.54) is 7.11 Å². The van der Waals surface area contributed by atoms with E-state index in [0.29, 0.717) is 25.7 Å². The molecule has 1 fully saturated rings. The first-order valence-electron chi connectivity index (χ1n) is 6.44. The van der Waals surface area contributed by atoms with Gasteiger partial charge in [-0.2, -0.15) is 0 Å². The van der Waals surface area contributed by atoms with E-state index in [9.17, 15) is 9.59 Å². The molecule has 1 aliphatic rings. The minimum Gasteiger partial charge on any atom is -0.438 e. The number of hydrogen-bond acceptors (Lipinski definition) is 6. The summed E-state index contributed by atoms with van der Waals surface area (Å²) in [6, 6.07) is 0. The van der Waals surface area contributed by atoms with Crippen molar-refractivity contribution in [1.29, 1.82) is 0 Å². The molecule has 0 aromatic carbocycles. The Hall–Kier alpha value is -1.46. The van der Waals surface area contributed by atoms with E-state index in [2.05, 4.69) is 4.74 Å². The Morgan fingerprint density at radius 1 is 0.895 bits per heavy atom. The zero-order valence-electron chi connectivity index (χ0n) is 11.9. The fourth-order valence-electron chi connectivity index (χ4n) is 1.86. The molecule has 1 saturated carbocycles. The summed E-state index contributed by atoms with van der Waals surface area (Å²) in [5.41, 5.74) is -0.553. The highest BCUT2D eigenvalue weighted by Gasteiger charge is 2.28. The van der Waals surface area contributed by atoms with Gasteiger partial charge in [-0.05, 0) is 46.5 Å². The SMILES string of the molecule is COC(=O)OC1CCC(OC(=O)OC(C)(C)C)CC1. The van der Waals surface area contributed by atoms with Crippen molar-refractivity contribution in [2.45, 2.75) is 64.3 Å². The molecule has 0 saturated heterocycles. The van der Waals surface area contributed by atoms with Gasteiger partial charge in [-0.15, -0.1) is 0 Å². The highest BCUT2D eigenvalue weighted by Crippen LogP contribution is 2.24. The van der Waals surface area contributed by atoms with E-state index in [4.69, 9.17) is 14.2 Å². The second-order valence-electron chi connectivity index (χ2n) is 5.55. The monoisotopic (exact) mass is 274 g/mol. The first-order valence-corrected chi connectivity index (χ1v) is 6.44. The topological polar surface area (TPSA) is 71.1 Å². The Bertz CT molecular complexity index is 312. The summed E-state index contributed by atoms with van der Waals surface area (Å²) in [5, 5.41) is 0. The lowest BCUT2D eigenvalue weighted by Gasteiger charge is -2.28. The van der Waals surface area contributed by atoms with Crippen molar-refractivity contribution >= 4 is 12.3 Å². The average molecular weight is 274 g/mol. The number of methoxy groups -OCH3 is 1. The number of rotatable bonds is 2. The molecule has 110 valence electrons. The molecule has 0 aromatic heterocycles. The Balaban J connectivity index is 2.26. The van der Waals surface area contributed by atoms with E-state index in [-0.39, 0.29) is 12.2 Å². The Morgan fingerprint density at radius 3 is 1.68 bits per heavy atom. The van der Waals surface area contributed by atoms with Gasteiger partial charge >= 0.3 is 12.3 Å². The second kappa shape index (κ2) is 6.63. The van der Waals surface area contributed by atoms with E-state index in [0.717, 1.165) is 0 Å². The van der Waals surface area contributed by atoms with Crippen LogP contribution in [0.15, 0.2) is 0 Å². The first-order chi connectivity index (χ1) is 8.80. The van der Waals surface area contributed by atoms with Crippen LogP contribution in [-0.4, -0.2) is 37.2 Å². The number of carbonyl (C=O) groups excluding carboxylic acids is 2. The smallest absolute Gasteiger partial charge is 0.438 e. The van der Waals surface area contributed by atoms with Crippen LogP contribution in [0.3, 0.4) is 0 Å². The highest BCUT2D eigenvalue weighted by atomic mass is 16.7. The summed E-state index contributed by atoms with van der Waals surface area (Å²) < 4.78 is 19.8. The minimum atomic E-state index is -0.670. The maximum Gasteiger partial charge on any atom is 0.509 e. The summed E-state index contributed by atoms with van der Waals surface area (Å²) in [6.07, 6.45) is 0.965. The van der Waals surface area contributed by atoms with Crippen LogP contribution in [-0.2, 0) is 18.9 Å². The summed E-state index contributed by atoms with van der Waals surface area (Å²) in [7, 11) is 1.28. The third-order valence-corrected chi connectivity index (χ3v) is 2.70. The molecular weight excluding hydrogens is 252 g/mol. The largest absolute Gasteiger partial charge is 0.509 e. The fraction of sp³-hybridized carbons (Fsp3) is 0.846. The number of carbonyl (C=O) groups is 2. The Labute approximate surface area is 113 Å². The molecule has 0 radical (unpaired) electrons. The Morgan fingerprint density at radius 2 is 1.32 bits per heavy atom. The molecule has 0 aliphatic heterocycles. The van der Waals surface area contributed by atoms with Gasteiger partial charge in [0.05, 0.1) is 7.11 Å². The van der Waals surface area contributed by atoms with Gasteiger partial charge in [-0.3, -0.25) is 0 Å². The summed E-state index contributed by atoms with van der Waals surface area (Å²) >= 11 is 0. The molecule has 6 nitrogen and oxygen atoms in total. The Kier molecular flexibility index (Phi) is 5.44. The van der Waals surface area contributed by atoms with Crippen LogP contribution in [0.25, 0.3) is 0 Å². The van der Waals surface area contributed by atoms with E-state index < -0.39 is 17.9 Å². The van der Waals surface area contributed by atoms with Crippen LogP contribution in [0.2, 0.25) is 0 Å². The van der Waals surface area contributed by atoms with Crippen molar-refractivity contribution in [3.63, 3.8) is 0 Å². The molecule has 0 bridgehead atoms.